The monoisotopic (exact) mass is 303 g/mol. The lowest BCUT2D eigenvalue weighted by molar-refractivity contribution is 0.0913. The Balaban J connectivity index is 2.54. The van der Waals surface area contributed by atoms with Crippen molar-refractivity contribution in [3.63, 3.8) is 0 Å². The summed E-state index contributed by atoms with van der Waals surface area (Å²) in [5.41, 5.74) is 0.765. The highest BCUT2D eigenvalue weighted by Gasteiger charge is 2.14. The van der Waals surface area contributed by atoms with Crippen LogP contribution in [-0.2, 0) is 14.8 Å². The third kappa shape index (κ3) is 5.09. The van der Waals surface area contributed by atoms with Crippen LogP contribution in [0.3, 0.4) is 0 Å². The van der Waals surface area contributed by atoms with Gasteiger partial charge in [0.15, 0.2) is 0 Å². The molecule has 0 saturated heterocycles. The van der Waals surface area contributed by atoms with Gasteiger partial charge in [0.25, 0.3) is 0 Å². The van der Waals surface area contributed by atoms with E-state index in [2.05, 4.69) is 4.72 Å². The van der Waals surface area contributed by atoms with Crippen LogP contribution >= 0.6 is 0 Å². The van der Waals surface area contributed by atoms with Gasteiger partial charge >= 0.3 is 0 Å². The van der Waals surface area contributed by atoms with Gasteiger partial charge in [0, 0.05) is 13.2 Å². The molecule has 0 amide bonds. The minimum absolute atomic E-state index is 0.0309. The van der Waals surface area contributed by atoms with Crippen molar-refractivity contribution in [2.45, 2.75) is 18.2 Å². The van der Waals surface area contributed by atoms with E-state index in [4.69, 9.17) is 14.6 Å². The molecular weight excluding hydrogens is 282 g/mol. The van der Waals surface area contributed by atoms with Gasteiger partial charge in [-0.3, -0.25) is 0 Å². The van der Waals surface area contributed by atoms with Gasteiger partial charge in [-0.2, -0.15) is 0 Å². The average Bonchev–Trinajstić information content (AvgIpc) is 2.42. The molecule has 0 heterocycles. The van der Waals surface area contributed by atoms with Crippen molar-refractivity contribution in [1.29, 1.82) is 0 Å². The zero-order valence-electron chi connectivity index (χ0n) is 11.8. The molecule has 0 atom stereocenters. The van der Waals surface area contributed by atoms with Crippen LogP contribution in [-0.4, -0.2) is 47.0 Å². The van der Waals surface area contributed by atoms with Crippen LogP contribution < -0.4 is 9.46 Å². The Labute approximate surface area is 119 Å². The van der Waals surface area contributed by atoms with E-state index in [0.29, 0.717) is 25.3 Å². The largest absolute Gasteiger partial charge is 0.496 e. The molecule has 1 rings (SSSR count). The summed E-state index contributed by atoms with van der Waals surface area (Å²) in [6.45, 7) is 2.73. The highest BCUT2D eigenvalue weighted by atomic mass is 32.2. The summed E-state index contributed by atoms with van der Waals surface area (Å²) in [4.78, 5) is 0.215. The Morgan fingerprint density at radius 1 is 1.30 bits per heavy atom. The third-order valence-electron chi connectivity index (χ3n) is 2.67. The fourth-order valence-electron chi connectivity index (χ4n) is 1.65. The fourth-order valence-corrected chi connectivity index (χ4v) is 2.81. The van der Waals surface area contributed by atoms with E-state index >= 15 is 0 Å². The summed E-state index contributed by atoms with van der Waals surface area (Å²) in [7, 11) is -1.97. The summed E-state index contributed by atoms with van der Waals surface area (Å²) in [6, 6.07) is 4.72. The van der Waals surface area contributed by atoms with E-state index in [1.54, 1.807) is 26.2 Å². The molecule has 6 nitrogen and oxygen atoms in total. The van der Waals surface area contributed by atoms with Gasteiger partial charge in [-0.1, -0.05) is 0 Å². The molecule has 1 aromatic rings. The molecule has 20 heavy (non-hydrogen) atoms. The van der Waals surface area contributed by atoms with E-state index in [-0.39, 0.29) is 18.1 Å². The number of ether oxygens (including phenoxy) is 2. The highest BCUT2D eigenvalue weighted by molar-refractivity contribution is 7.89. The van der Waals surface area contributed by atoms with Crippen molar-refractivity contribution in [3.8, 4) is 5.75 Å². The second-order valence-electron chi connectivity index (χ2n) is 4.22. The minimum Gasteiger partial charge on any atom is -0.496 e. The summed E-state index contributed by atoms with van der Waals surface area (Å²) in [5.74, 6) is 0.654. The van der Waals surface area contributed by atoms with E-state index in [9.17, 15) is 8.42 Å². The number of aliphatic hydroxyl groups is 1. The van der Waals surface area contributed by atoms with Crippen molar-refractivity contribution in [2.75, 3.05) is 33.5 Å². The smallest absolute Gasteiger partial charge is 0.240 e. The van der Waals surface area contributed by atoms with Crippen molar-refractivity contribution in [2.24, 2.45) is 0 Å². The topological polar surface area (TPSA) is 84.9 Å². The third-order valence-corrected chi connectivity index (χ3v) is 4.13. The fraction of sp³-hybridized carbons (Fsp3) is 0.538. The molecule has 7 heteroatoms. The van der Waals surface area contributed by atoms with Crippen LogP contribution in [0.1, 0.15) is 12.0 Å². The first kappa shape index (κ1) is 16.9. The maximum absolute atomic E-state index is 12.0. The molecule has 0 aliphatic carbocycles. The molecule has 0 aromatic heterocycles. The molecular formula is C13H21NO5S. The van der Waals surface area contributed by atoms with E-state index < -0.39 is 10.0 Å². The number of benzene rings is 1. The predicted molar refractivity (Wildman–Crippen MR) is 75.4 cm³/mol. The zero-order chi connectivity index (χ0) is 15.0. The summed E-state index contributed by atoms with van der Waals surface area (Å²) in [5, 5.41) is 8.52. The number of sulfonamides is 1. The summed E-state index contributed by atoms with van der Waals surface area (Å²) in [6.07, 6.45) is 0.550. The molecule has 0 saturated carbocycles. The highest BCUT2D eigenvalue weighted by Crippen LogP contribution is 2.21. The number of nitrogens with one attached hydrogen (secondary N) is 1. The summed E-state index contributed by atoms with van der Waals surface area (Å²) >= 11 is 0. The SMILES string of the molecule is COc1ccc(S(=O)(=O)NCCCOCCO)cc1C. The molecule has 0 aliphatic heterocycles. The maximum atomic E-state index is 12.0. The Morgan fingerprint density at radius 3 is 2.65 bits per heavy atom. The van der Waals surface area contributed by atoms with Gasteiger partial charge in [0.1, 0.15) is 5.75 Å². The van der Waals surface area contributed by atoms with Crippen molar-refractivity contribution in [1.82, 2.24) is 4.72 Å². The van der Waals surface area contributed by atoms with Gasteiger partial charge in [0.2, 0.25) is 10.0 Å². The Hall–Kier alpha value is -1.15. The standard InChI is InChI=1S/C13H21NO5S/c1-11-10-12(4-5-13(11)18-2)20(16,17)14-6-3-8-19-9-7-15/h4-5,10,14-15H,3,6-9H2,1-2H3. The number of rotatable bonds is 9. The van der Waals surface area contributed by atoms with E-state index in [1.807, 2.05) is 0 Å². The molecule has 0 spiro atoms. The van der Waals surface area contributed by atoms with Crippen LogP contribution in [0.4, 0.5) is 0 Å². The molecule has 0 radical (unpaired) electrons. The Morgan fingerprint density at radius 2 is 2.05 bits per heavy atom. The number of hydrogen-bond acceptors (Lipinski definition) is 5. The van der Waals surface area contributed by atoms with Crippen molar-refractivity contribution < 1.29 is 23.0 Å². The molecule has 2 N–H and O–H groups in total. The second kappa shape index (κ2) is 8.21. The number of hydrogen-bond donors (Lipinski definition) is 2. The lowest BCUT2D eigenvalue weighted by Crippen LogP contribution is -2.25. The lowest BCUT2D eigenvalue weighted by atomic mass is 10.2. The van der Waals surface area contributed by atoms with Gasteiger partial charge in [0.05, 0.1) is 25.2 Å². The minimum atomic E-state index is -3.51. The molecule has 0 aliphatic rings. The average molecular weight is 303 g/mol. The van der Waals surface area contributed by atoms with Crippen LogP contribution in [0.15, 0.2) is 23.1 Å². The van der Waals surface area contributed by atoms with Crippen LogP contribution in [0, 0.1) is 6.92 Å². The lowest BCUT2D eigenvalue weighted by Gasteiger charge is -2.09. The van der Waals surface area contributed by atoms with E-state index in [1.165, 1.54) is 6.07 Å². The Kier molecular flexibility index (Phi) is 6.94. The van der Waals surface area contributed by atoms with Crippen molar-refractivity contribution in [3.05, 3.63) is 23.8 Å². The number of methoxy groups -OCH3 is 1. The molecule has 1 aromatic carbocycles. The van der Waals surface area contributed by atoms with Crippen LogP contribution in [0.5, 0.6) is 5.75 Å². The second-order valence-corrected chi connectivity index (χ2v) is 5.99. The van der Waals surface area contributed by atoms with Gasteiger partial charge in [-0.15, -0.1) is 0 Å². The molecule has 0 fully saturated rings. The number of aliphatic hydroxyl groups excluding tert-OH is 1. The normalized spacial score (nSPS) is 11.6. The molecule has 0 bridgehead atoms. The van der Waals surface area contributed by atoms with Crippen molar-refractivity contribution >= 4 is 10.0 Å². The first-order valence-electron chi connectivity index (χ1n) is 6.34. The van der Waals surface area contributed by atoms with E-state index in [0.717, 1.165) is 5.56 Å². The molecule has 114 valence electrons. The zero-order valence-corrected chi connectivity index (χ0v) is 12.6. The maximum Gasteiger partial charge on any atom is 0.240 e. The molecule has 0 unspecified atom stereocenters. The van der Waals surface area contributed by atoms with Gasteiger partial charge in [-0.05, 0) is 37.1 Å². The van der Waals surface area contributed by atoms with Crippen LogP contribution in [0.2, 0.25) is 0 Å². The number of aryl methyl sites for hydroxylation is 1. The van der Waals surface area contributed by atoms with Crippen LogP contribution in [0.25, 0.3) is 0 Å². The van der Waals surface area contributed by atoms with Gasteiger partial charge < -0.3 is 14.6 Å². The first-order valence-corrected chi connectivity index (χ1v) is 7.82. The first-order chi connectivity index (χ1) is 9.51. The quantitative estimate of drug-likeness (QED) is 0.655. The predicted octanol–water partition coefficient (Wildman–Crippen LogP) is 0.681. The summed E-state index contributed by atoms with van der Waals surface area (Å²) < 4.78 is 36.7. The van der Waals surface area contributed by atoms with Gasteiger partial charge in [-0.25, -0.2) is 13.1 Å². The Bertz CT molecular complexity index is 515.